The topological polar surface area (TPSA) is 105 Å². The van der Waals surface area contributed by atoms with Crippen molar-refractivity contribution in [1.29, 1.82) is 0 Å². The van der Waals surface area contributed by atoms with Gasteiger partial charge in [-0.05, 0) is 42.0 Å². The highest BCUT2D eigenvalue weighted by molar-refractivity contribution is 7.89. The van der Waals surface area contributed by atoms with E-state index < -0.39 is 15.9 Å². The number of hydrogen-bond acceptors (Lipinski definition) is 5. The van der Waals surface area contributed by atoms with E-state index in [4.69, 9.17) is 16.3 Å². The largest absolute Gasteiger partial charge is 0.379 e. The van der Waals surface area contributed by atoms with E-state index in [0.29, 0.717) is 24.5 Å². The van der Waals surface area contributed by atoms with Crippen LogP contribution in [0.25, 0.3) is 0 Å². The lowest BCUT2D eigenvalue weighted by atomic mass is 10.1. The Balaban J connectivity index is 1.58. The van der Waals surface area contributed by atoms with E-state index in [9.17, 15) is 18.0 Å². The van der Waals surface area contributed by atoms with Gasteiger partial charge in [0.2, 0.25) is 15.9 Å². The van der Waals surface area contributed by atoms with Crippen LogP contribution in [0.1, 0.15) is 15.9 Å². The van der Waals surface area contributed by atoms with Gasteiger partial charge in [-0.2, -0.15) is 4.31 Å². The second-order valence-electron chi connectivity index (χ2n) is 6.71. The number of rotatable bonds is 4. The van der Waals surface area contributed by atoms with Crippen LogP contribution in [-0.2, 0) is 26.0 Å². The minimum absolute atomic E-state index is 0.0443. The van der Waals surface area contributed by atoms with E-state index in [1.807, 2.05) is 0 Å². The molecule has 2 aromatic carbocycles. The SMILES string of the molecule is O=C1Cc2cc(C(=O)Nc3cc(S(=O)(=O)N4CCOCC4)ccc3Cl)ccc2N1. The summed E-state index contributed by atoms with van der Waals surface area (Å²) in [5.74, 6) is -0.573. The van der Waals surface area contributed by atoms with Crippen LogP contribution in [0.5, 0.6) is 0 Å². The normalized spacial score (nSPS) is 16.9. The van der Waals surface area contributed by atoms with E-state index >= 15 is 0 Å². The fraction of sp³-hybridized carbons (Fsp3) is 0.263. The molecule has 4 rings (SSSR count). The maximum atomic E-state index is 12.8. The van der Waals surface area contributed by atoms with Crippen LogP contribution in [0.15, 0.2) is 41.3 Å². The Labute approximate surface area is 172 Å². The first kappa shape index (κ1) is 19.8. The van der Waals surface area contributed by atoms with Gasteiger partial charge in [-0.1, -0.05) is 11.6 Å². The Morgan fingerprint density at radius 3 is 2.66 bits per heavy atom. The van der Waals surface area contributed by atoms with Gasteiger partial charge in [0.25, 0.3) is 5.91 Å². The van der Waals surface area contributed by atoms with Crippen LogP contribution in [0.3, 0.4) is 0 Å². The van der Waals surface area contributed by atoms with Crippen molar-refractivity contribution in [3.63, 3.8) is 0 Å². The number of ether oxygens (including phenoxy) is 1. The van der Waals surface area contributed by atoms with Crippen LogP contribution in [-0.4, -0.2) is 50.8 Å². The molecule has 10 heteroatoms. The Morgan fingerprint density at radius 2 is 1.90 bits per heavy atom. The molecule has 2 aliphatic heterocycles. The number of amides is 2. The van der Waals surface area contributed by atoms with Gasteiger partial charge < -0.3 is 15.4 Å². The summed E-state index contributed by atoms with van der Waals surface area (Å²) < 4.78 is 32.2. The molecule has 2 aliphatic rings. The van der Waals surface area contributed by atoms with E-state index in [1.54, 1.807) is 18.2 Å². The second-order valence-corrected chi connectivity index (χ2v) is 9.05. The van der Waals surface area contributed by atoms with Gasteiger partial charge >= 0.3 is 0 Å². The minimum atomic E-state index is -3.72. The number of fused-ring (bicyclic) bond motifs is 1. The molecule has 152 valence electrons. The molecule has 0 saturated carbocycles. The van der Waals surface area contributed by atoms with Gasteiger partial charge in [0.05, 0.1) is 35.2 Å². The molecule has 1 saturated heterocycles. The number of benzene rings is 2. The number of morpholine rings is 1. The Morgan fingerprint density at radius 1 is 1.14 bits per heavy atom. The minimum Gasteiger partial charge on any atom is -0.379 e. The van der Waals surface area contributed by atoms with Gasteiger partial charge in [-0.25, -0.2) is 8.42 Å². The molecule has 8 nitrogen and oxygen atoms in total. The summed E-state index contributed by atoms with van der Waals surface area (Å²) in [6, 6.07) is 9.08. The summed E-state index contributed by atoms with van der Waals surface area (Å²) >= 11 is 6.18. The lowest BCUT2D eigenvalue weighted by molar-refractivity contribution is -0.115. The van der Waals surface area contributed by atoms with Crippen molar-refractivity contribution in [3.05, 3.63) is 52.5 Å². The van der Waals surface area contributed by atoms with Gasteiger partial charge in [0.15, 0.2) is 0 Å². The fourth-order valence-corrected chi connectivity index (χ4v) is 4.86. The lowest BCUT2D eigenvalue weighted by Crippen LogP contribution is -2.40. The maximum Gasteiger partial charge on any atom is 0.255 e. The number of carbonyl (C=O) groups is 2. The number of nitrogens with one attached hydrogen (secondary N) is 2. The van der Waals surface area contributed by atoms with Crippen LogP contribution >= 0.6 is 11.6 Å². The molecule has 0 atom stereocenters. The summed E-state index contributed by atoms with van der Waals surface area (Å²) in [6.45, 7) is 1.22. The summed E-state index contributed by atoms with van der Waals surface area (Å²) in [4.78, 5) is 24.2. The summed E-state index contributed by atoms with van der Waals surface area (Å²) in [5, 5.41) is 5.59. The quantitative estimate of drug-likeness (QED) is 0.765. The molecule has 2 amide bonds. The van der Waals surface area contributed by atoms with Gasteiger partial charge in [-0.15, -0.1) is 0 Å². The molecule has 0 aliphatic carbocycles. The Bertz CT molecular complexity index is 1100. The van der Waals surface area contributed by atoms with Crippen molar-refractivity contribution >= 4 is 44.8 Å². The molecule has 2 heterocycles. The van der Waals surface area contributed by atoms with Crippen molar-refractivity contribution in [2.75, 3.05) is 36.9 Å². The number of anilines is 2. The zero-order chi connectivity index (χ0) is 20.6. The van der Waals surface area contributed by atoms with Crippen LogP contribution < -0.4 is 10.6 Å². The molecular weight excluding hydrogens is 418 g/mol. The summed E-state index contributed by atoms with van der Waals surface area (Å²) in [6.07, 6.45) is 0.213. The van der Waals surface area contributed by atoms with E-state index in [1.165, 1.54) is 22.5 Å². The highest BCUT2D eigenvalue weighted by Crippen LogP contribution is 2.29. The lowest BCUT2D eigenvalue weighted by Gasteiger charge is -2.26. The molecule has 0 unspecified atom stereocenters. The molecule has 0 bridgehead atoms. The monoisotopic (exact) mass is 435 g/mol. The molecule has 2 aromatic rings. The molecule has 0 radical (unpaired) electrons. The summed E-state index contributed by atoms with van der Waals surface area (Å²) in [5.41, 5.74) is 1.96. The molecule has 0 aromatic heterocycles. The van der Waals surface area contributed by atoms with Crippen molar-refractivity contribution < 1.29 is 22.7 Å². The Hall–Kier alpha value is -2.46. The number of halogens is 1. The first-order valence-electron chi connectivity index (χ1n) is 8.96. The zero-order valence-electron chi connectivity index (χ0n) is 15.3. The van der Waals surface area contributed by atoms with Crippen molar-refractivity contribution in [2.45, 2.75) is 11.3 Å². The van der Waals surface area contributed by atoms with Crippen LogP contribution in [0.2, 0.25) is 5.02 Å². The molecule has 29 heavy (non-hydrogen) atoms. The van der Waals surface area contributed by atoms with E-state index in [2.05, 4.69) is 10.6 Å². The van der Waals surface area contributed by atoms with Crippen molar-refractivity contribution in [3.8, 4) is 0 Å². The predicted octanol–water partition coefficient (Wildman–Crippen LogP) is 2.11. The highest BCUT2D eigenvalue weighted by Gasteiger charge is 2.27. The van der Waals surface area contributed by atoms with Crippen LogP contribution in [0, 0.1) is 0 Å². The van der Waals surface area contributed by atoms with Gasteiger partial charge in [0.1, 0.15) is 0 Å². The van der Waals surface area contributed by atoms with Gasteiger partial charge in [0, 0.05) is 24.3 Å². The summed E-state index contributed by atoms with van der Waals surface area (Å²) in [7, 11) is -3.72. The number of nitrogens with zero attached hydrogens (tertiary/aromatic N) is 1. The van der Waals surface area contributed by atoms with Crippen molar-refractivity contribution in [1.82, 2.24) is 4.31 Å². The predicted molar refractivity (Wildman–Crippen MR) is 108 cm³/mol. The molecule has 2 N–H and O–H groups in total. The second kappa shape index (κ2) is 7.75. The van der Waals surface area contributed by atoms with E-state index in [0.717, 1.165) is 5.56 Å². The standard InChI is InChI=1S/C19H18ClN3O5S/c20-15-3-2-14(29(26,27)23-5-7-28-8-6-23)11-17(15)22-19(25)12-1-4-16-13(9-12)10-18(24)21-16/h1-4,9,11H,5-8,10H2,(H,21,24)(H,22,25). The highest BCUT2D eigenvalue weighted by atomic mass is 35.5. The molecule has 1 fully saturated rings. The smallest absolute Gasteiger partial charge is 0.255 e. The Kier molecular flexibility index (Phi) is 5.30. The third-order valence-electron chi connectivity index (χ3n) is 4.79. The number of hydrogen-bond donors (Lipinski definition) is 2. The first-order valence-corrected chi connectivity index (χ1v) is 10.8. The average molecular weight is 436 g/mol. The zero-order valence-corrected chi connectivity index (χ0v) is 16.8. The molecular formula is C19H18ClN3O5S. The number of carbonyl (C=O) groups excluding carboxylic acids is 2. The van der Waals surface area contributed by atoms with Crippen molar-refractivity contribution in [2.24, 2.45) is 0 Å². The van der Waals surface area contributed by atoms with Crippen LogP contribution in [0.4, 0.5) is 11.4 Å². The third-order valence-corrected chi connectivity index (χ3v) is 7.01. The van der Waals surface area contributed by atoms with Gasteiger partial charge in [-0.3, -0.25) is 9.59 Å². The number of sulfonamides is 1. The van der Waals surface area contributed by atoms with E-state index in [-0.39, 0.29) is 41.0 Å². The fourth-order valence-electron chi connectivity index (χ4n) is 3.26. The molecule has 0 spiro atoms. The maximum absolute atomic E-state index is 12.8. The third kappa shape index (κ3) is 3.99. The first-order chi connectivity index (χ1) is 13.8. The average Bonchev–Trinajstić information content (AvgIpc) is 3.09.